The van der Waals surface area contributed by atoms with Gasteiger partial charge in [-0.05, 0) is 34.6 Å². The van der Waals surface area contributed by atoms with Crippen LogP contribution >= 0.6 is 11.6 Å². The van der Waals surface area contributed by atoms with Crippen LogP contribution in [0.15, 0.2) is 6.07 Å². The van der Waals surface area contributed by atoms with Gasteiger partial charge in [-0.25, -0.2) is 9.78 Å². The Morgan fingerprint density at radius 1 is 1.11 bits per heavy atom. The van der Waals surface area contributed by atoms with Gasteiger partial charge in [0.15, 0.2) is 0 Å². The first kappa shape index (κ1) is 20.9. The molecule has 2 aliphatic rings. The Morgan fingerprint density at radius 2 is 1.71 bits per heavy atom. The van der Waals surface area contributed by atoms with Gasteiger partial charge in [0.2, 0.25) is 5.95 Å². The third kappa shape index (κ3) is 5.38. The highest BCUT2D eigenvalue weighted by Gasteiger charge is 2.28. The SMILES string of the molecule is CC1CN(c2nc(Cl)cc(N3CCN(C(=O)OC(C)(C)C)CC3)n2)CC(C)O1. The van der Waals surface area contributed by atoms with E-state index in [0.717, 1.165) is 18.9 Å². The molecule has 28 heavy (non-hydrogen) atoms. The Bertz CT molecular complexity index is 693. The average molecular weight is 412 g/mol. The van der Waals surface area contributed by atoms with Gasteiger partial charge in [0.1, 0.15) is 16.6 Å². The molecule has 2 atom stereocenters. The van der Waals surface area contributed by atoms with Crippen molar-refractivity contribution in [2.75, 3.05) is 49.1 Å². The van der Waals surface area contributed by atoms with Crippen LogP contribution in [-0.2, 0) is 9.47 Å². The predicted molar refractivity (Wildman–Crippen MR) is 109 cm³/mol. The number of carbonyl (C=O) groups excluding carboxylic acids is 1. The Kier molecular flexibility index (Phi) is 6.19. The Morgan fingerprint density at radius 3 is 2.29 bits per heavy atom. The van der Waals surface area contributed by atoms with E-state index in [-0.39, 0.29) is 18.3 Å². The van der Waals surface area contributed by atoms with E-state index < -0.39 is 5.60 Å². The molecule has 2 unspecified atom stereocenters. The lowest BCUT2D eigenvalue weighted by atomic mass is 10.2. The van der Waals surface area contributed by atoms with Crippen LogP contribution < -0.4 is 9.80 Å². The molecule has 0 radical (unpaired) electrons. The van der Waals surface area contributed by atoms with Gasteiger partial charge < -0.3 is 24.2 Å². The molecule has 2 fully saturated rings. The van der Waals surface area contributed by atoms with Crippen LogP contribution in [0, 0.1) is 0 Å². The molecule has 0 aliphatic carbocycles. The van der Waals surface area contributed by atoms with Crippen molar-refractivity contribution in [1.29, 1.82) is 0 Å². The fourth-order valence-corrected chi connectivity index (χ4v) is 3.66. The second-order valence-electron chi connectivity index (χ2n) is 8.47. The summed E-state index contributed by atoms with van der Waals surface area (Å²) in [5.41, 5.74) is -0.490. The number of anilines is 2. The van der Waals surface area contributed by atoms with Crippen molar-refractivity contribution in [1.82, 2.24) is 14.9 Å². The topological polar surface area (TPSA) is 71.0 Å². The maximum atomic E-state index is 12.3. The summed E-state index contributed by atoms with van der Waals surface area (Å²) < 4.78 is 11.3. The highest BCUT2D eigenvalue weighted by atomic mass is 35.5. The average Bonchev–Trinajstić information content (AvgIpc) is 2.59. The molecule has 2 saturated heterocycles. The number of rotatable bonds is 2. The maximum Gasteiger partial charge on any atom is 0.410 e. The molecule has 0 spiro atoms. The second kappa shape index (κ2) is 8.29. The normalized spacial score (nSPS) is 23.7. The van der Waals surface area contributed by atoms with E-state index in [1.54, 1.807) is 11.0 Å². The molecule has 3 heterocycles. The van der Waals surface area contributed by atoms with Crippen molar-refractivity contribution in [3.05, 3.63) is 11.2 Å². The zero-order valence-electron chi connectivity index (χ0n) is 17.3. The standard InChI is InChI=1S/C19H30ClN5O3/c1-13-11-25(12-14(2)27-13)17-21-15(20)10-16(22-17)23-6-8-24(9-7-23)18(26)28-19(3,4)5/h10,13-14H,6-9,11-12H2,1-5H3. The quantitative estimate of drug-likeness (QED) is 0.693. The van der Waals surface area contributed by atoms with Crippen LogP contribution in [0.5, 0.6) is 0 Å². The molecule has 1 aromatic heterocycles. The summed E-state index contributed by atoms with van der Waals surface area (Å²) in [5, 5.41) is 0.418. The van der Waals surface area contributed by atoms with Crippen LogP contribution in [0.3, 0.4) is 0 Å². The largest absolute Gasteiger partial charge is 0.444 e. The fraction of sp³-hybridized carbons (Fsp3) is 0.737. The summed E-state index contributed by atoms with van der Waals surface area (Å²) in [6.45, 7) is 13.7. The number of morpholine rings is 1. The number of nitrogens with zero attached hydrogens (tertiary/aromatic N) is 5. The highest BCUT2D eigenvalue weighted by Crippen LogP contribution is 2.24. The van der Waals surface area contributed by atoms with Crippen LogP contribution in [0.25, 0.3) is 0 Å². The zero-order valence-corrected chi connectivity index (χ0v) is 18.1. The second-order valence-corrected chi connectivity index (χ2v) is 8.85. The predicted octanol–water partition coefficient (Wildman–Crippen LogP) is 2.80. The molecule has 3 rings (SSSR count). The molecular weight excluding hydrogens is 382 g/mol. The van der Waals surface area contributed by atoms with Crippen molar-refractivity contribution in [3.63, 3.8) is 0 Å². The molecule has 1 amide bonds. The minimum absolute atomic E-state index is 0.118. The van der Waals surface area contributed by atoms with Crippen molar-refractivity contribution < 1.29 is 14.3 Å². The minimum Gasteiger partial charge on any atom is -0.444 e. The summed E-state index contributed by atoms with van der Waals surface area (Å²) >= 11 is 6.29. The number of carbonyl (C=O) groups is 1. The number of hydrogen-bond donors (Lipinski definition) is 0. The zero-order chi connectivity index (χ0) is 20.5. The van der Waals surface area contributed by atoms with Gasteiger partial charge >= 0.3 is 6.09 Å². The highest BCUT2D eigenvalue weighted by molar-refractivity contribution is 6.29. The van der Waals surface area contributed by atoms with E-state index in [1.807, 2.05) is 34.6 Å². The molecule has 0 saturated carbocycles. The van der Waals surface area contributed by atoms with Gasteiger partial charge in [-0.2, -0.15) is 4.98 Å². The van der Waals surface area contributed by atoms with Crippen molar-refractivity contribution in [2.24, 2.45) is 0 Å². The minimum atomic E-state index is -0.490. The van der Waals surface area contributed by atoms with E-state index in [0.29, 0.717) is 37.3 Å². The molecule has 1 aromatic rings. The molecule has 156 valence electrons. The molecular formula is C19H30ClN5O3. The van der Waals surface area contributed by atoms with E-state index in [4.69, 9.17) is 26.1 Å². The molecule has 9 heteroatoms. The molecule has 8 nitrogen and oxygen atoms in total. The van der Waals surface area contributed by atoms with Crippen LogP contribution in [-0.4, -0.2) is 78.0 Å². The molecule has 0 bridgehead atoms. The Labute approximate surface area is 171 Å². The summed E-state index contributed by atoms with van der Waals surface area (Å²) in [6.07, 6.45) is -0.0378. The number of aromatic nitrogens is 2. The number of amides is 1. The number of ether oxygens (including phenoxy) is 2. The van der Waals surface area contributed by atoms with Gasteiger partial charge in [-0.15, -0.1) is 0 Å². The Balaban J connectivity index is 1.67. The van der Waals surface area contributed by atoms with Gasteiger partial charge in [-0.3, -0.25) is 0 Å². The first-order valence-electron chi connectivity index (χ1n) is 9.78. The maximum absolute atomic E-state index is 12.3. The van der Waals surface area contributed by atoms with Crippen LogP contribution in [0.4, 0.5) is 16.6 Å². The number of piperazine rings is 1. The smallest absolute Gasteiger partial charge is 0.410 e. The van der Waals surface area contributed by atoms with Gasteiger partial charge in [-0.1, -0.05) is 11.6 Å². The third-order valence-corrected chi connectivity index (χ3v) is 4.82. The summed E-state index contributed by atoms with van der Waals surface area (Å²) in [4.78, 5) is 27.4. The Hall–Kier alpha value is -1.80. The number of halogens is 1. The lowest BCUT2D eigenvalue weighted by Gasteiger charge is -2.37. The van der Waals surface area contributed by atoms with Crippen LogP contribution in [0.1, 0.15) is 34.6 Å². The molecule has 0 aromatic carbocycles. The third-order valence-electron chi connectivity index (χ3n) is 4.63. The first-order chi connectivity index (χ1) is 13.1. The molecule has 0 N–H and O–H groups in total. The summed E-state index contributed by atoms with van der Waals surface area (Å²) in [6, 6.07) is 1.78. The lowest BCUT2D eigenvalue weighted by molar-refractivity contribution is -0.00572. The van der Waals surface area contributed by atoms with E-state index in [9.17, 15) is 4.79 Å². The van der Waals surface area contributed by atoms with E-state index in [1.165, 1.54) is 0 Å². The van der Waals surface area contributed by atoms with Crippen LogP contribution in [0.2, 0.25) is 5.15 Å². The van der Waals surface area contributed by atoms with Crippen molar-refractivity contribution >= 4 is 29.5 Å². The summed E-state index contributed by atoms with van der Waals surface area (Å²) in [7, 11) is 0. The number of hydrogen-bond acceptors (Lipinski definition) is 7. The lowest BCUT2D eigenvalue weighted by Crippen LogP contribution is -2.50. The van der Waals surface area contributed by atoms with Gasteiger partial charge in [0, 0.05) is 45.3 Å². The monoisotopic (exact) mass is 411 g/mol. The molecule has 2 aliphatic heterocycles. The fourth-order valence-electron chi connectivity index (χ4n) is 3.48. The van der Waals surface area contributed by atoms with Gasteiger partial charge in [0.25, 0.3) is 0 Å². The van der Waals surface area contributed by atoms with Crippen molar-refractivity contribution in [2.45, 2.75) is 52.4 Å². The van der Waals surface area contributed by atoms with E-state index >= 15 is 0 Å². The first-order valence-corrected chi connectivity index (χ1v) is 10.2. The van der Waals surface area contributed by atoms with Crippen molar-refractivity contribution in [3.8, 4) is 0 Å². The van der Waals surface area contributed by atoms with E-state index in [2.05, 4.69) is 14.8 Å². The van der Waals surface area contributed by atoms with Gasteiger partial charge in [0.05, 0.1) is 12.2 Å². The summed E-state index contributed by atoms with van der Waals surface area (Å²) in [5.74, 6) is 1.41.